The zero-order valence-corrected chi connectivity index (χ0v) is 13.1. The topological polar surface area (TPSA) is 38.3 Å². The van der Waals surface area contributed by atoms with Gasteiger partial charge in [-0.1, -0.05) is 40.9 Å². The van der Waals surface area contributed by atoms with Gasteiger partial charge in [-0.05, 0) is 37.6 Å². The molecule has 0 fully saturated rings. The summed E-state index contributed by atoms with van der Waals surface area (Å²) in [6, 6.07) is 11.7. The highest BCUT2D eigenvalue weighted by Gasteiger charge is 2.11. The molecule has 2 aromatic rings. The Balaban J connectivity index is 2.15. The van der Waals surface area contributed by atoms with Crippen molar-refractivity contribution >= 4 is 23.3 Å². The Hall–Kier alpha value is -2.00. The minimum atomic E-state index is -0.435. The van der Waals surface area contributed by atoms with Gasteiger partial charge in [0.1, 0.15) is 0 Å². The smallest absolute Gasteiger partial charge is 0.339 e. The number of carbonyl (C=O) groups excluding carboxylic acids is 1. The summed E-state index contributed by atoms with van der Waals surface area (Å²) >= 11 is 6.00. The maximum absolute atomic E-state index is 11.6. The second-order valence-corrected chi connectivity index (χ2v) is 5.44. The van der Waals surface area contributed by atoms with Crippen molar-refractivity contribution in [1.82, 2.24) is 0 Å². The van der Waals surface area contributed by atoms with Crippen LogP contribution in [0.4, 0.5) is 5.69 Å². The number of hydrogen-bond donors (Lipinski definition) is 1. The summed E-state index contributed by atoms with van der Waals surface area (Å²) in [7, 11) is 1.34. The van der Waals surface area contributed by atoms with Crippen molar-refractivity contribution in [3.8, 4) is 0 Å². The van der Waals surface area contributed by atoms with E-state index in [9.17, 15) is 4.79 Å². The second kappa shape index (κ2) is 6.64. The van der Waals surface area contributed by atoms with Crippen molar-refractivity contribution in [1.29, 1.82) is 0 Å². The molecule has 0 saturated heterocycles. The highest BCUT2D eigenvalue weighted by atomic mass is 35.5. The van der Waals surface area contributed by atoms with Crippen LogP contribution >= 0.6 is 11.6 Å². The average Bonchev–Trinajstić information content (AvgIpc) is 2.44. The molecule has 0 spiro atoms. The normalized spacial score (nSPS) is 10.3. The fourth-order valence-corrected chi connectivity index (χ4v) is 2.47. The summed E-state index contributed by atoms with van der Waals surface area (Å²) in [6.07, 6.45) is 0. The van der Waals surface area contributed by atoms with Crippen LogP contribution in [0.1, 0.15) is 27.0 Å². The van der Waals surface area contributed by atoms with E-state index in [0.29, 0.717) is 17.1 Å². The zero-order valence-electron chi connectivity index (χ0n) is 12.4. The van der Waals surface area contributed by atoms with Crippen LogP contribution in [0.15, 0.2) is 36.4 Å². The molecule has 4 heteroatoms. The Morgan fingerprint density at radius 2 is 1.81 bits per heavy atom. The lowest BCUT2D eigenvalue weighted by molar-refractivity contribution is 0.0601. The number of anilines is 1. The van der Waals surface area contributed by atoms with Crippen molar-refractivity contribution in [2.45, 2.75) is 20.4 Å². The van der Waals surface area contributed by atoms with Gasteiger partial charge in [-0.2, -0.15) is 0 Å². The molecule has 0 atom stereocenters. The number of benzene rings is 2. The molecule has 21 heavy (non-hydrogen) atoms. The second-order valence-electron chi connectivity index (χ2n) is 5.04. The van der Waals surface area contributed by atoms with Crippen LogP contribution in [-0.2, 0) is 11.3 Å². The highest BCUT2D eigenvalue weighted by Crippen LogP contribution is 2.22. The molecule has 0 aliphatic carbocycles. The molecule has 3 nitrogen and oxygen atoms in total. The Bertz CT molecular complexity index is 648. The first kappa shape index (κ1) is 15.4. The molecular weight excluding hydrogens is 286 g/mol. The van der Waals surface area contributed by atoms with Crippen LogP contribution in [0.3, 0.4) is 0 Å². The van der Waals surface area contributed by atoms with E-state index >= 15 is 0 Å². The highest BCUT2D eigenvalue weighted by molar-refractivity contribution is 6.33. The van der Waals surface area contributed by atoms with E-state index in [0.717, 1.165) is 5.69 Å². The molecule has 2 rings (SSSR count). The minimum Gasteiger partial charge on any atom is -0.465 e. The first-order valence-corrected chi connectivity index (χ1v) is 7.06. The van der Waals surface area contributed by atoms with Crippen LogP contribution in [0, 0.1) is 13.8 Å². The van der Waals surface area contributed by atoms with Gasteiger partial charge >= 0.3 is 5.97 Å². The lowest BCUT2D eigenvalue weighted by Crippen LogP contribution is -2.05. The molecule has 110 valence electrons. The number of ether oxygens (including phenoxy) is 1. The number of carbonyl (C=O) groups is 1. The Labute approximate surface area is 129 Å². The predicted octanol–water partition coefficient (Wildman–Crippen LogP) is 4.36. The third kappa shape index (κ3) is 3.99. The molecule has 2 aromatic carbocycles. The molecular formula is C17H18ClNO2. The summed E-state index contributed by atoms with van der Waals surface area (Å²) in [5, 5.41) is 3.68. The summed E-state index contributed by atoms with van der Waals surface area (Å²) in [5.74, 6) is -0.435. The molecule has 0 aliphatic heterocycles. The average molecular weight is 304 g/mol. The molecule has 0 saturated carbocycles. The van der Waals surface area contributed by atoms with Gasteiger partial charge in [0.25, 0.3) is 0 Å². The Morgan fingerprint density at radius 3 is 2.43 bits per heavy atom. The third-order valence-electron chi connectivity index (χ3n) is 3.15. The number of nitrogens with one attached hydrogen (secondary N) is 1. The van der Waals surface area contributed by atoms with E-state index in [4.69, 9.17) is 16.3 Å². The maximum Gasteiger partial charge on any atom is 0.339 e. The molecule has 1 N–H and O–H groups in total. The number of methoxy groups -OCH3 is 1. The molecule has 0 bridgehead atoms. The van der Waals surface area contributed by atoms with Crippen molar-refractivity contribution in [3.63, 3.8) is 0 Å². The van der Waals surface area contributed by atoms with Gasteiger partial charge < -0.3 is 10.1 Å². The van der Waals surface area contributed by atoms with E-state index in [2.05, 4.69) is 37.4 Å². The molecule has 0 radical (unpaired) electrons. The van der Waals surface area contributed by atoms with Crippen LogP contribution in [-0.4, -0.2) is 13.1 Å². The van der Waals surface area contributed by atoms with E-state index in [1.54, 1.807) is 12.1 Å². The SMILES string of the molecule is COC(=O)c1cc(NCc2cc(C)cc(C)c2)ccc1Cl. The van der Waals surface area contributed by atoms with Crippen LogP contribution < -0.4 is 5.32 Å². The Morgan fingerprint density at radius 1 is 1.14 bits per heavy atom. The number of rotatable bonds is 4. The maximum atomic E-state index is 11.6. The molecule has 0 unspecified atom stereocenters. The van der Waals surface area contributed by atoms with Crippen LogP contribution in [0.5, 0.6) is 0 Å². The van der Waals surface area contributed by atoms with Gasteiger partial charge in [0, 0.05) is 12.2 Å². The first-order valence-electron chi connectivity index (χ1n) is 6.68. The summed E-state index contributed by atoms with van der Waals surface area (Å²) in [4.78, 5) is 11.6. The number of esters is 1. The number of aryl methyl sites for hydroxylation is 2. The van der Waals surface area contributed by atoms with Gasteiger partial charge in [0.05, 0.1) is 17.7 Å². The van der Waals surface area contributed by atoms with Crippen LogP contribution in [0.2, 0.25) is 5.02 Å². The first-order chi connectivity index (χ1) is 9.99. The van der Waals surface area contributed by atoms with Crippen molar-refractivity contribution < 1.29 is 9.53 Å². The summed E-state index contributed by atoms with van der Waals surface area (Å²) < 4.78 is 4.72. The fraction of sp³-hybridized carbons (Fsp3) is 0.235. The minimum absolute atomic E-state index is 0.365. The largest absolute Gasteiger partial charge is 0.465 e. The van der Waals surface area contributed by atoms with Gasteiger partial charge in [0.15, 0.2) is 0 Å². The van der Waals surface area contributed by atoms with Gasteiger partial charge in [-0.25, -0.2) is 4.79 Å². The quantitative estimate of drug-likeness (QED) is 0.853. The van der Waals surface area contributed by atoms with E-state index in [1.807, 2.05) is 6.07 Å². The monoisotopic (exact) mass is 303 g/mol. The standard InChI is InChI=1S/C17H18ClNO2/c1-11-6-12(2)8-13(7-11)10-19-14-4-5-16(18)15(9-14)17(20)21-3/h4-9,19H,10H2,1-3H3. The van der Waals surface area contributed by atoms with Crippen LogP contribution in [0.25, 0.3) is 0 Å². The van der Waals surface area contributed by atoms with Crippen molar-refractivity contribution in [2.24, 2.45) is 0 Å². The van der Waals surface area contributed by atoms with Crippen molar-refractivity contribution in [2.75, 3.05) is 12.4 Å². The molecule has 0 aromatic heterocycles. The third-order valence-corrected chi connectivity index (χ3v) is 3.48. The zero-order chi connectivity index (χ0) is 15.4. The van der Waals surface area contributed by atoms with E-state index in [-0.39, 0.29) is 0 Å². The predicted molar refractivity (Wildman–Crippen MR) is 86.0 cm³/mol. The van der Waals surface area contributed by atoms with Gasteiger partial charge in [0.2, 0.25) is 0 Å². The van der Waals surface area contributed by atoms with E-state index < -0.39 is 5.97 Å². The summed E-state index contributed by atoms with van der Waals surface area (Å²) in [5.41, 5.74) is 4.86. The molecule has 0 amide bonds. The molecule has 0 aliphatic rings. The van der Waals surface area contributed by atoms with E-state index in [1.165, 1.54) is 23.8 Å². The number of hydrogen-bond acceptors (Lipinski definition) is 3. The van der Waals surface area contributed by atoms with Gasteiger partial charge in [-0.15, -0.1) is 0 Å². The lowest BCUT2D eigenvalue weighted by atomic mass is 10.1. The fourth-order valence-electron chi connectivity index (χ4n) is 2.28. The lowest BCUT2D eigenvalue weighted by Gasteiger charge is -2.10. The Kier molecular flexibility index (Phi) is 4.86. The number of halogens is 1. The molecule has 0 heterocycles. The van der Waals surface area contributed by atoms with Gasteiger partial charge in [-0.3, -0.25) is 0 Å². The summed E-state index contributed by atoms with van der Waals surface area (Å²) in [6.45, 7) is 4.84. The van der Waals surface area contributed by atoms with Crippen molar-refractivity contribution in [3.05, 3.63) is 63.7 Å².